The van der Waals surface area contributed by atoms with Crippen molar-refractivity contribution in [2.24, 2.45) is 0 Å². The molecular weight excluding hydrogens is 439 g/mol. The molecule has 150 valence electrons. The lowest BCUT2D eigenvalue weighted by atomic mass is 10.3. The van der Waals surface area contributed by atoms with Crippen LogP contribution in [0.25, 0.3) is 0 Å². The van der Waals surface area contributed by atoms with Crippen molar-refractivity contribution in [3.63, 3.8) is 0 Å². The predicted octanol–water partition coefficient (Wildman–Crippen LogP) is 5.00. The molecule has 29 heavy (non-hydrogen) atoms. The third-order valence-electron chi connectivity index (χ3n) is 3.62. The maximum absolute atomic E-state index is 12.3. The molecule has 0 radical (unpaired) electrons. The first-order valence-electron chi connectivity index (χ1n) is 8.21. The summed E-state index contributed by atoms with van der Waals surface area (Å²) in [6.45, 7) is 1.19. The van der Waals surface area contributed by atoms with Crippen LogP contribution in [0.4, 0.5) is 10.7 Å². The van der Waals surface area contributed by atoms with Crippen LogP contribution in [0.1, 0.15) is 25.8 Å². The number of carbonyl (C=O) groups excluding carboxylic acids is 3. The molecule has 0 saturated heterocycles. The van der Waals surface area contributed by atoms with E-state index in [1.807, 2.05) is 0 Å². The number of nitrogens with one attached hydrogen (secondary N) is 2. The second-order valence-corrected chi connectivity index (χ2v) is 7.70. The second-order valence-electron chi connectivity index (χ2n) is 5.80. The van der Waals surface area contributed by atoms with Gasteiger partial charge in [0.15, 0.2) is 12.4 Å². The highest BCUT2D eigenvalue weighted by atomic mass is 35.5. The summed E-state index contributed by atoms with van der Waals surface area (Å²) in [6.07, 6.45) is 1.39. The molecule has 1 aromatic carbocycles. The Morgan fingerprint density at radius 1 is 1.14 bits per heavy atom. The second kappa shape index (κ2) is 9.13. The molecule has 7 nitrogen and oxygen atoms in total. The van der Waals surface area contributed by atoms with Gasteiger partial charge in [0, 0.05) is 5.02 Å². The van der Waals surface area contributed by atoms with Crippen molar-refractivity contribution in [2.75, 3.05) is 17.2 Å². The number of halogens is 2. The summed E-state index contributed by atoms with van der Waals surface area (Å²) < 4.78 is 10.1. The third-order valence-corrected chi connectivity index (χ3v) is 5.32. The van der Waals surface area contributed by atoms with Gasteiger partial charge in [-0.05, 0) is 48.9 Å². The number of ether oxygens (including phenoxy) is 1. The van der Waals surface area contributed by atoms with Crippen LogP contribution in [0.3, 0.4) is 0 Å². The minimum atomic E-state index is -0.682. The third kappa shape index (κ3) is 5.38. The summed E-state index contributed by atoms with van der Waals surface area (Å²) in [7, 11) is 0. The molecule has 2 aromatic heterocycles. The Morgan fingerprint density at radius 2 is 1.93 bits per heavy atom. The van der Waals surface area contributed by atoms with Gasteiger partial charge in [-0.1, -0.05) is 23.2 Å². The van der Waals surface area contributed by atoms with Crippen LogP contribution in [-0.2, 0) is 9.53 Å². The lowest BCUT2D eigenvalue weighted by Crippen LogP contribution is -2.21. The predicted molar refractivity (Wildman–Crippen MR) is 111 cm³/mol. The Morgan fingerprint density at radius 3 is 2.66 bits per heavy atom. The van der Waals surface area contributed by atoms with Crippen LogP contribution in [0.2, 0.25) is 10.0 Å². The molecule has 0 aliphatic carbocycles. The number of esters is 1. The van der Waals surface area contributed by atoms with Crippen molar-refractivity contribution in [3.8, 4) is 0 Å². The van der Waals surface area contributed by atoms with Gasteiger partial charge in [0.2, 0.25) is 0 Å². The monoisotopic (exact) mass is 452 g/mol. The number of aryl methyl sites for hydroxylation is 1. The molecule has 0 saturated carbocycles. The van der Waals surface area contributed by atoms with E-state index in [9.17, 15) is 14.4 Å². The molecule has 0 spiro atoms. The van der Waals surface area contributed by atoms with Gasteiger partial charge in [-0.15, -0.1) is 11.3 Å². The number of anilines is 2. The summed E-state index contributed by atoms with van der Waals surface area (Å²) in [5.74, 6) is -1.54. The molecule has 3 aromatic rings. The van der Waals surface area contributed by atoms with Gasteiger partial charge in [0.1, 0.15) is 4.88 Å². The lowest BCUT2D eigenvalue weighted by molar-refractivity contribution is -0.119. The molecule has 2 heterocycles. The van der Waals surface area contributed by atoms with E-state index < -0.39 is 24.4 Å². The number of rotatable bonds is 6. The van der Waals surface area contributed by atoms with Gasteiger partial charge in [-0.3, -0.25) is 9.59 Å². The Balaban J connectivity index is 1.58. The Labute approximate surface area is 179 Å². The number of furan rings is 1. The number of amides is 2. The minimum absolute atomic E-state index is 0.150. The van der Waals surface area contributed by atoms with Crippen molar-refractivity contribution >= 4 is 63.0 Å². The molecule has 2 amide bonds. The summed E-state index contributed by atoms with van der Waals surface area (Å²) in [5, 5.41) is 6.32. The number of hydrogen-bond donors (Lipinski definition) is 2. The quantitative estimate of drug-likeness (QED) is 0.512. The first kappa shape index (κ1) is 20.9. The Kier molecular flexibility index (Phi) is 6.58. The largest absolute Gasteiger partial charge is 0.459 e. The molecule has 3 rings (SSSR count). The van der Waals surface area contributed by atoms with E-state index in [1.165, 1.54) is 18.4 Å². The van der Waals surface area contributed by atoms with Crippen molar-refractivity contribution in [3.05, 3.63) is 68.9 Å². The van der Waals surface area contributed by atoms with Gasteiger partial charge < -0.3 is 19.8 Å². The van der Waals surface area contributed by atoms with Crippen LogP contribution in [-0.4, -0.2) is 24.4 Å². The van der Waals surface area contributed by atoms with E-state index in [1.54, 1.807) is 31.2 Å². The fraction of sp³-hybridized carbons (Fsp3) is 0.105. The van der Waals surface area contributed by atoms with Gasteiger partial charge in [-0.25, -0.2) is 4.79 Å². The fourth-order valence-electron chi connectivity index (χ4n) is 2.30. The molecule has 0 unspecified atom stereocenters. The molecule has 0 atom stereocenters. The van der Waals surface area contributed by atoms with Crippen molar-refractivity contribution in [1.82, 2.24) is 0 Å². The summed E-state index contributed by atoms with van der Waals surface area (Å²) in [6, 6.07) is 9.37. The average Bonchev–Trinajstić information content (AvgIpc) is 3.33. The van der Waals surface area contributed by atoms with Gasteiger partial charge in [0.25, 0.3) is 11.8 Å². The van der Waals surface area contributed by atoms with E-state index in [4.69, 9.17) is 32.4 Å². The molecule has 0 aliphatic heterocycles. The molecule has 0 fully saturated rings. The molecule has 0 aliphatic rings. The van der Waals surface area contributed by atoms with Crippen LogP contribution in [0, 0.1) is 6.92 Å². The first-order valence-corrected chi connectivity index (χ1v) is 9.78. The summed E-state index contributed by atoms with van der Waals surface area (Å²) >= 11 is 12.9. The number of benzene rings is 1. The highest BCUT2D eigenvalue weighted by molar-refractivity contribution is 7.18. The normalized spacial score (nSPS) is 10.4. The van der Waals surface area contributed by atoms with Crippen LogP contribution in [0.5, 0.6) is 0 Å². The van der Waals surface area contributed by atoms with Gasteiger partial charge in [-0.2, -0.15) is 0 Å². The van der Waals surface area contributed by atoms with E-state index >= 15 is 0 Å². The van der Waals surface area contributed by atoms with Gasteiger partial charge >= 0.3 is 5.97 Å². The zero-order chi connectivity index (χ0) is 21.0. The highest BCUT2D eigenvalue weighted by Crippen LogP contribution is 2.28. The molecular formula is C19H14Cl2N2O5S. The SMILES string of the molecule is Cc1cc(NC(=O)c2ccco2)sc1C(=O)OCC(=O)Nc1cc(Cl)ccc1Cl. The lowest BCUT2D eigenvalue weighted by Gasteiger charge is -2.08. The van der Waals surface area contributed by atoms with Crippen molar-refractivity contribution < 1.29 is 23.5 Å². The average molecular weight is 453 g/mol. The summed E-state index contributed by atoms with van der Waals surface area (Å²) in [4.78, 5) is 36.6. The van der Waals surface area contributed by atoms with Crippen LogP contribution in [0.15, 0.2) is 47.1 Å². The smallest absolute Gasteiger partial charge is 0.349 e. The first-order chi connectivity index (χ1) is 13.8. The van der Waals surface area contributed by atoms with Crippen LogP contribution >= 0.6 is 34.5 Å². The maximum atomic E-state index is 12.3. The summed E-state index contributed by atoms with van der Waals surface area (Å²) in [5.41, 5.74) is 0.920. The highest BCUT2D eigenvalue weighted by Gasteiger charge is 2.19. The van der Waals surface area contributed by atoms with E-state index in [0.29, 0.717) is 26.3 Å². The zero-order valence-corrected chi connectivity index (χ0v) is 17.3. The zero-order valence-electron chi connectivity index (χ0n) is 15.0. The fourth-order valence-corrected chi connectivity index (χ4v) is 3.60. The molecule has 0 bridgehead atoms. The number of hydrogen-bond acceptors (Lipinski definition) is 6. The van der Waals surface area contributed by atoms with Gasteiger partial charge in [0.05, 0.1) is 22.0 Å². The van der Waals surface area contributed by atoms with E-state index in [0.717, 1.165) is 11.3 Å². The number of thiophene rings is 1. The minimum Gasteiger partial charge on any atom is -0.459 e. The van der Waals surface area contributed by atoms with Crippen molar-refractivity contribution in [1.29, 1.82) is 0 Å². The van der Waals surface area contributed by atoms with E-state index in [2.05, 4.69) is 10.6 Å². The topological polar surface area (TPSA) is 97.6 Å². The molecule has 2 N–H and O–H groups in total. The molecule has 10 heteroatoms. The maximum Gasteiger partial charge on any atom is 0.349 e. The standard InChI is InChI=1S/C19H14Cl2N2O5S/c1-10-7-16(23-18(25)14-3-2-6-27-14)29-17(10)19(26)28-9-15(24)22-13-8-11(20)4-5-12(13)21/h2-8H,9H2,1H3,(H,22,24)(H,23,25). The Hall–Kier alpha value is -2.81. The number of carbonyl (C=O) groups is 3. The van der Waals surface area contributed by atoms with E-state index in [-0.39, 0.29) is 10.6 Å². The van der Waals surface area contributed by atoms with Crippen molar-refractivity contribution in [2.45, 2.75) is 6.92 Å². The Bertz CT molecular complexity index is 1060. The van der Waals surface area contributed by atoms with Crippen LogP contribution < -0.4 is 10.6 Å².